The monoisotopic (exact) mass is 298 g/mol. The van der Waals surface area contributed by atoms with Gasteiger partial charge in [-0.25, -0.2) is 0 Å². The van der Waals surface area contributed by atoms with Crippen LogP contribution in [0.4, 0.5) is 0 Å². The molecule has 0 bridgehead atoms. The van der Waals surface area contributed by atoms with E-state index in [2.05, 4.69) is 63.5 Å². The fourth-order valence-corrected chi connectivity index (χ4v) is 4.28. The predicted molar refractivity (Wildman–Crippen MR) is 95.4 cm³/mol. The van der Waals surface area contributed by atoms with Gasteiger partial charge in [-0.1, -0.05) is 68.2 Å². The van der Waals surface area contributed by atoms with E-state index in [1.54, 1.807) is 0 Å². The van der Waals surface area contributed by atoms with Gasteiger partial charge in [-0.2, -0.15) is 0 Å². The molecule has 0 atom stereocenters. The standard InChI is InChI=1S/C19H26OSi/c1-6-11-20-19-17(14-16-9-7-8-10-16)12-15(2)13-18(19)21(3,4)5/h6-7,9-10,12-13H,1,8,11,14H2,2-5H3. The molecule has 1 aliphatic rings. The Bertz CT molecular complexity index is 588. The lowest BCUT2D eigenvalue weighted by Crippen LogP contribution is -2.39. The maximum Gasteiger partial charge on any atom is 0.122 e. The molecule has 2 rings (SSSR count). The fraction of sp³-hybridized carbons (Fsp3) is 0.368. The minimum atomic E-state index is -1.44. The van der Waals surface area contributed by atoms with Crippen LogP contribution in [0.2, 0.25) is 19.6 Å². The molecule has 1 aromatic rings. The van der Waals surface area contributed by atoms with Gasteiger partial charge in [0.05, 0.1) is 8.07 Å². The first-order valence-electron chi connectivity index (χ1n) is 7.65. The smallest absolute Gasteiger partial charge is 0.122 e. The highest BCUT2D eigenvalue weighted by Crippen LogP contribution is 2.26. The van der Waals surface area contributed by atoms with Crippen LogP contribution in [-0.2, 0) is 6.42 Å². The van der Waals surface area contributed by atoms with Crippen LogP contribution in [0.1, 0.15) is 17.5 Å². The first-order chi connectivity index (χ1) is 9.91. The molecule has 112 valence electrons. The molecular weight excluding hydrogens is 272 g/mol. The third-order valence-electron chi connectivity index (χ3n) is 3.71. The van der Waals surface area contributed by atoms with E-state index in [1.165, 1.54) is 21.9 Å². The molecule has 2 heteroatoms. The lowest BCUT2D eigenvalue weighted by atomic mass is 10.0. The molecule has 0 aliphatic heterocycles. The number of hydrogen-bond acceptors (Lipinski definition) is 1. The highest BCUT2D eigenvalue weighted by Gasteiger charge is 2.24. The molecule has 0 N–H and O–H groups in total. The fourth-order valence-electron chi connectivity index (χ4n) is 2.71. The Labute approximate surface area is 130 Å². The Morgan fingerprint density at radius 1 is 1.29 bits per heavy atom. The first-order valence-corrected chi connectivity index (χ1v) is 11.1. The number of benzene rings is 1. The zero-order valence-corrected chi connectivity index (χ0v) is 14.7. The van der Waals surface area contributed by atoms with Crippen molar-refractivity contribution >= 4 is 13.3 Å². The Hall–Kier alpha value is -1.54. The zero-order valence-electron chi connectivity index (χ0n) is 13.7. The summed E-state index contributed by atoms with van der Waals surface area (Å²) in [5.41, 5.74) is 4.04. The van der Waals surface area contributed by atoms with Crippen molar-refractivity contribution in [2.45, 2.75) is 39.4 Å². The Kier molecular flexibility index (Phi) is 4.89. The summed E-state index contributed by atoms with van der Waals surface area (Å²) in [5, 5.41) is 1.42. The van der Waals surface area contributed by atoms with Gasteiger partial charge in [0.15, 0.2) is 0 Å². The summed E-state index contributed by atoms with van der Waals surface area (Å²) >= 11 is 0. The van der Waals surface area contributed by atoms with Crippen molar-refractivity contribution in [3.8, 4) is 5.75 Å². The summed E-state index contributed by atoms with van der Waals surface area (Å²) in [5.74, 6) is 1.10. The van der Waals surface area contributed by atoms with Crippen LogP contribution >= 0.6 is 0 Å². The van der Waals surface area contributed by atoms with E-state index >= 15 is 0 Å². The third-order valence-corrected chi connectivity index (χ3v) is 5.69. The van der Waals surface area contributed by atoms with E-state index in [0.717, 1.165) is 18.6 Å². The number of ether oxygens (including phenoxy) is 1. The van der Waals surface area contributed by atoms with Gasteiger partial charge >= 0.3 is 0 Å². The molecule has 0 saturated carbocycles. The summed E-state index contributed by atoms with van der Waals surface area (Å²) in [6.45, 7) is 13.7. The molecule has 0 unspecified atom stereocenters. The molecule has 0 spiro atoms. The number of aryl methyl sites for hydroxylation is 1. The van der Waals surface area contributed by atoms with Gasteiger partial charge in [0.1, 0.15) is 12.4 Å². The summed E-state index contributed by atoms with van der Waals surface area (Å²) in [4.78, 5) is 0. The lowest BCUT2D eigenvalue weighted by Gasteiger charge is -2.24. The second kappa shape index (κ2) is 6.48. The molecule has 0 heterocycles. The second-order valence-corrected chi connectivity index (χ2v) is 11.8. The van der Waals surface area contributed by atoms with E-state index in [1.807, 2.05) is 6.08 Å². The average Bonchev–Trinajstić information content (AvgIpc) is 2.89. The zero-order chi connectivity index (χ0) is 15.5. The first kappa shape index (κ1) is 15.8. The van der Waals surface area contributed by atoms with Crippen LogP contribution in [0, 0.1) is 6.92 Å². The topological polar surface area (TPSA) is 9.23 Å². The van der Waals surface area contributed by atoms with E-state index < -0.39 is 8.07 Å². The SMILES string of the molecule is C=CCOc1c(CC2=CCC=C2)cc(C)cc1[Si](C)(C)C. The van der Waals surface area contributed by atoms with Crippen molar-refractivity contribution in [3.05, 3.63) is 59.7 Å². The Morgan fingerprint density at radius 3 is 2.62 bits per heavy atom. The van der Waals surface area contributed by atoms with E-state index in [9.17, 15) is 0 Å². The van der Waals surface area contributed by atoms with Crippen LogP contribution in [0.3, 0.4) is 0 Å². The number of rotatable bonds is 6. The summed E-state index contributed by atoms with van der Waals surface area (Å²) < 4.78 is 6.07. The normalized spacial score (nSPS) is 14.2. The molecule has 0 amide bonds. The summed E-state index contributed by atoms with van der Waals surface area (Å²) in [6.07, 6.45) is 10.6. The molecule has 21 heavy (non-hydrogen) atoms. The summed E-state index contributed by atoms with van der Waals surface area (Å²) in [7, 11) is -1.44. The molecular formula is C19H26OSi. The van der Waals surface area contributed by atoms with Crippen molar-refractivity contribution in [1.82, 2.24) is 0 Å². The maximum absolute atomic E-state index is 6.07. The molecule has 1 aromatic carbocycles. The third kappa shape index (κ3) is 3.98. The predicted octanol–water partition coefficient (Wildman–Crippen LogP) is 4.53. The van der Waals surface area contributed by atoms with E-state index in [4.69, 9.17) is 4.74 Å². The van der Waals surface area contributed by atoms with Crippen molar-refractivity contribution in [3.63, 3.8) is 0 Å². The van der Waals surface area contributed by atoms with Crippen molar-refractivity contribution in [2.75, 3.05) is 6.61 Å². The molecule has 0 saturated heterocycles. The average molecular weight is 299 g/mol. The van der Waals surface area contributed by atoms with Gasteiger partial charge in [0.2, 0.25) is 0 Å². The van der Waals surface area contributed by atoms with Gasteiger partial charge < -0.3 is 4.74 Å². The van der Waals surface area contributed by atoms with Gasteiger partial charge in [0.25, 0.3) is 0 Å². The highest BCUT2D eigenvalue weighted by atomic mass is 28.3. The van der Waals surface area contributed by atoms with Crippen LogP contribution in [0.25, 0.3) is 0 Å². The number of allylic oxidation sites excluding steroid dienone is 4. The highest BCUT2D eigenvalue weighted by molar-refractivity contribution is 6.89. The lowest BCUT2D eigenvalue weighted by molar-refractivity contribution is 0.362. The van der Waals surface area contributed by atoms with Crippen LogP contribution in [0.15, 0.2) is 48.6 Å². The van der Waals surface area contributed by atoms with Crippen molar-refractivity contribution < 1.29 is 4.74 Å². The van der Waals surface area contributed by atoms with Crippen LogP contribution < -0.4 is 9.92 Å². The maximum atomic E-state index is 6.07. The molecule has 0 radical (unpaired) electrons. The van der Waals surface area contributed by atoms with E-state index in [-0.39, 0.29) is 0 Å². The largest absolute Gasteiger partial charge is 0.489 e. The molecule has 1 aliphatic carbocycles. The van der Waals surface area contributed by atoms with Gasteiger partial charge in [-0.05, 0) is 29.7 Å². The van der Waals surface area contributed by atoms with E-state index in [0.29, 0.717) is 6.61 Å². The quantitative estimate of drug-likeness (QED) is 0.553. The minimum absolute atomic E-state index is 0.572. The Morgan fingerprint density at radius 2 is 2.05 bits per heavy atom. The van der Waals surface area contributed by atoms with Crippen LogP contribution in [-0.4, -0.2) is 14.7 Å². The van der Waals surface area contributed by atoms with Crippen molar-refractivity contribution in [1.29, 1.82) is 0 Å². The van der Waals surface area contributed by atoms with Gasteiger partial charge in [-0.15, -0.1) is 0 Å². The van der Waals surface area contributed by atoms with Gasteiger partial charge in [-0.3, -0.25) is 0 Å². The van der Waals surface area contributed by atoms with Gasteiger partial charge in [0, 0.05) is 6.42 Å². The summed E-state index contributed by atoms with van der Waals surface area (Å²) in [6, 6.07) is 4.59. The molecule has 0 aromatic heterocycles. The van der Waals surface area contributed by atoms with Crippen molar-refractivity contribution in [2.24, 2.45) is 0 Å². The Balaban J connectivity index is 2.47. The minimum Gasteiger partial charge on any atom is -0.489 e. The van der Waals surface area contributed by atoms with Crippen LogP contribution in [0.5, 0.6) is 5.75 Å². The second-order valence-electron chi connectivity index (χ2n) is 6.74. The number of hydrogen-bond donors (Lipinski definition) is 0. The molecule has 0 fully saturated rings. The molecule has 1 nitrogen and oxygen atoms in total.